The molecule has 0 aliphatic carbocycles. The number of nitrogens with one attached hydrogen (secondary N) is 1. The topological polar surface area (TPSA) is 87.4 Å². The average molecular weight is 280 g/mol. The van der Waals surface area contributed by atoms with E-state index in [1.165, 1.54) is 6.33 Å². The smallest absolute Gasteiger partial charge is 0.241 e. The second kappa shape index (κ2) is 7.64. The molecule has 3 N–H and O–H groups in total. The fourth-order valence-corrected chi connectivity index (χ4v) is 1.96. The highest BCUT2D eigenvalue weighted by Gasteiger charge is 2.18. The van der Waals surface area contributed by atoms with E-state index in [0.717, 1.165) is 30.8 Å². The first-order chi connectivity index (χ1) is 9.54. The van der Waals surface area contributed by atoms with Gasteiger partial charge in [-0.15, -0.1) is 0 Å². The number of carbonyl (C=O) groups is 1. The average Bonchev–Trinajstić information content (AvgIpc) is 2.45. The van der Waals surface area contributed by atoms with Crippen LogP contribution in [0.25, 0.3) is 0 Å². The molecule has 0 atom stereocenters. The van der Waals surface area contributed by atoms with Crippen LogP contribution in [0.3, 0.4) is 0 Å². The van der Waals surface area contributed by atoms with Crippen LogP contribution in [-0.2, 0) is 11.2 Å². The maximum absolute atomic E-state index is 12.0. The van der Waals surface area contributed by atoms with Crippen LogP contribution in [0, 0.1) is 0 Å². The molecule has 7 heteroatoms. The zero-order valence-electron chi connectivity index (χ0n) is 12.7. The van der Waals surface area contributed by atoms with Crippen LogP contribution in [-0.4, -0.2) is 48.0 Å². The fraction of sp³-hybridized carbons (Fsp3) is 0.615. The first-order valence-electron chi connectivity index (χ1n) is 6.80. The third kappa shape index (κ3) is 3.80. The lowest BCUT2D eigenvalue weighted by Gasteiger charge is -2.26. The molecule has 0 bridgehead atoms. The van der Waals surface area contributed by atoms with Crippen LogP contribution in [0.2, 0.25) is 0 Å². The van der Waals surface area contributed by atoms with E-state index in [4.69, 9.17) is 5.84 Å². The Labute approximate surface area is 120 Å². The number of nitrogens with two attached hydrogens (primary N) is 1. The van der Waals surface area contributed by atoms with Crippen LogP contribution in [0.1, 0.15) is 25.8 Å². The predicted octanol–water partition coefficient (Wildman–Crippen LogP) is 0.629. The number of likely N-dealkylation sites (N-methyl/N-ethyl adjacent to an activating group) is 1. The summed E-state index contributed by atoms with van der Waals surface area (Å²) < 4.78 is 0. The third-order valence-electron chi connectivity index (χ3n) is 3.03. The Kier molecular flexibility index (Phi) is 6.17. The van der Waals surface area contributed by atoms with E-state index in [9.17, 15) is 4.79 Å². The van der Waals surface area contributed by atoms with Crippen molar-refractivity contribution >= 4 is 17.5 Å². The standard InChI is InChI=1S/C13H24N6O/c1-5-7-19(8-11(20)18(3)4)13-10(6-2)12(17-14)15-9-16-13/h9H,5-8,14H2,1-4H3,(H,15,16,17). The van der Waals surface area contributed by atoms with E-state index in [0.29, 0.717) is 12.4 Å². The number of hydrogen-bond acceptors (Lipinski definition) is 6. The Morgan fingerprint density at radius 2 is 2.05 bits per heavy atom. The zero-order valence-corrected chi connectivity index (χ0v) is 12.7. The summed E-state index contributed by atoms with van der Waals surface area (Å²) in [6, 6.07) is 0. The molecule has 1 amide bonds. The van der Waals surface area contributed by atoms with Gasteiger partial charge in [-0.1, -0.05) is 13.8 Å². The zero-order chi connectivity index (χ0) is 15.1. The van der Waals surface area contributed by atoms with Gasteiger partial charge in [0.05, 0.1) is 6.54 Å². The number of nitrogen functional groups attached to an aromatic ring is 1. The van der Waals surface area contributed by atoms with E-state index in [1.54, 1.807) is 19.0 Å². The van der Waals surface area contributed by atoms with Gasteiger partial charge in [0, 0.05) is 26.2 Å². The van der Waals surface area contributed by atoms with Gasteiger partial charge < -0.3 is 15.2 Å². The maximum Gasteiger partial charge on any atom is 0.241 e. The van der Waals surface area contributed by atoms with Crippen LogP contribution >= 0.6 is 0 Å². The van der Waals surface area contributed by atoms with E-state index < -0.39 is 0 Å². The van der Waals surface area contributed by atoms with Gasteiger partial charge in [0.2, 0.25) is 5.91 Å². The highest BCUT2D eigenvalue weighted by Crippen LogP contribution is 2.23. The second-order valence-electron chi connectivity index (χ2n) is 4.73. The molecule has 0 aliphatic rings. The molecule has 7 nitrogen and oxygen atoms in total. The normalized spacial score (nSPS) is 10.2. The number of aromatic nitrogens is 2. The lowest BCUT2D eigenvalue weighted by molar-refractivity contribution is -0.127. The number of nitrogens with zero attached hydrogens (tertiary/aromatic N) is 4. The van der Waals surface area contributed by atoms with Crippen molar-refractivity contribution in [2.45, 2.75) is 26.7 Å². The largest absolute Gasteiger partial charge is 0.347 e. The minimum absolute atomic E-state index is 0.0429. The first-order valence-corrected chi connectivity index (χ1v) is 6.80. The minimum Gasteiger partial charge on any atom is -0.347 e. The van der Waals surface area contributed by atoms with Gasteiger partial charge in [0.15, 0.2) is 0 Å². The molecule has 0 spiro atoms. The Hall–Kier alpha value is -1.89. The Balaban J connectivity index is 3.11. The molecule has 1 heterocycles. The van der Waals surface area contributed by atoms with Crippen LogP contribution in [0.4, 0.5) is 11.6 Å². The van der Waals surface area contributed by atoms with E-state index in [-0.39, 0.29) is 5.91 Å². The fourth-order valence-electron chi connectivity index (χ4n) is 1.96. The molecule has 0 aliphatic heterocycles. The summed E-state index contributed by atoms with van der Waals surface area (Å²) in [5, 5.41) is 0. The third-order valence-corrected chi connectivity index (χ3v) is 3.03. The van der Waals surface area contributed by atoms with Crippen LogP contribution in [0.5, 0.6) is 0 Å². The minimum atomic E-state index is 0.0429. The summed E-state index contributed by atoms with van der Waals surface area (Å²) in [6.07, 6.45) is 3.14. The van der Waals surface area contributed by atoms with Crippen molar-refractivity contribution in [2.75, 3.05) is 37.5 Å². The molecule has 112 valence electrons. The van der Waals surface area contributed by atoms with Gasteiger partial charge >= 0.3 is 0 Å². The molecule has 0 fully saturated rings. The van der Waals surface area contributed by atoms with Crippen LogP contribution < -0.4 is 16.2 Å². The molecular formula is C13H24N6O. The maximum atomic E-state index is 12.0. The SMILES string of the molecule is CCCN(CC(=O)N(C)C)c1ncnc(NN)c1CC. The molecule has 1 aromatic heterocycles. The Morgan fingerprint density at radius 3 is 2.55 bits per heavy atom. The number of carbonyl (C=O) groups excluding carboxylic acids is 1. The summed E-state index contributed by atoms with van der Waals surface area (Å²) in [5.41, 5.74) is 3.51. The summed E-state index contributed by atoms with van der Waals surface area (Å²) in [6.45, 7) is 5.14. The Morgan fingerprint density at radius 1 is 1.35 bits per heavy atom. The van der Waals surface area contributed by atoms with Crippen molar-refractivity contribution in [1.29, 1.82) is 0 Å². The summed E-state index contributed by atoms with van der Waals surface area (Å²) in [5.74, 6) is 6.91. The lowest BCUT2D eigenvalue weighted by Crippen LogP contribution is -2.38. The number of hydrazine groups is 1. The number of rotatable bonds is 7. The van der Waals surface area contributed by atoms with Gasteiger partial charge in [-0.25, -0.2) is 15.8 Å². The molecule has 0 saturated heterocycles. The van der Waals surface area contributed by atoms with Crippen molar-refractivity contribution < 1.29 is 4.79 Å². The predicted molar refractivity (Wildman–Crippen MR) is 80.4 cm³/mol. The van der Waals surface area contributed by atoms with Crippen molar-refractivity contribution in [3.05, 3.63) is 11.9 Å². The first kappa shape index (κ1) is 16.2. The van der Waals surface area contributed by atoms with Crippen molar-refractivity contribution in [2.24, 2.45) is 5.84 Å². The van der Waals surface area contributed by atoms with E-state index in [1.807, 2.05) is 11.8 Å². The summed E-state index contributed by atoms with van der Waals surface area (Å²) >= 11 is 0. The molecule has 20 heavy (non-hydrogen) atoms. The van der Waals surface area contributed by atoms with Gasteiger partial charge in [-0.2, -0.15) is 0 Å². The molecule has 1 aromatic rings. The highest BCUT2D eigenvalue weighted by atomic mass is 16.2. The lowest BCUT2D eigenvalue weighted by atomic mass is 10.2. The quantitative estimate of drug-likeness (QED) is 0.562. The number of amides is 1. The summed E-state index contributed by atoms with van der Waals surface area (Å²) in [7, 11) is 3.50. The number of anilines is 2. The van der Waals surface area contributed by atoms with E-state index in [2.05, 4.69) is 22.3 Å². The van der Waals surface area contributed by atoms with Crippen LogP contribution in [0.15, 0.2) is 6.33 Å². The van der Waals surface area contributed by atoms with Gasteiger partial charge in [-0.3, -0.25) is 4.79 Å². The summed E-state index contributed by atoms with van der Waals surface area (Å²) in [4.78, 5) is 24.0. The monoisotopic (exact) mass is 280 g/mol. The van der Waals surface area contributed by atoms with Gasteiger partial charge in [0.25, 0.3) is 0 Å². The molecule has 1 rings (SSSR count). The van der Waals surface area contributed by atoms with Crippen molar-refractivity contribution in [3.63, 3.8) is 0 Å². The van der Waals surface area contributed by atoms with Gasteiger partial charge in [0.1, 0.15) is 18.0 Å². The molecule has 0 unspecified atom stereocenters. The van der Waals surface area contributed by atoms with Crippen molar-refractivity contribution in [3.8, 4) is 0 Å². The second-order valence-corrected chi connectivity index (χ2v) is 4.73. The molecule has 0 aromatic carbocycles. The number of hydrogen-bond donors (Lipinski definition) is 2. The Bertz CT molecular complexity index is 448. The molecule has 0 saturated carbocycles. The highest BCUT2D eigenvalue weighted by molar-refractivity contribution is 5.81. The van der Waals surface area contributed by atoms with Crippen molar-refractivity contribution in [1.82, 2.24) is 14.9 Å². The van der Waals surface area contributed by atoms with Gasteiger partial charge in [-0.05, 0) is 12.8 Å². The van der Waals surface area contributed by atoms with E-state index >= 15 is 0 Å². The molecular weight excluding hydrogens is 256 g/mol. The molecule has 0 radical (unpaired) electrons.